The van der Waals surface area contributed by atoms with E-state index in [0.29, 0.717) is 24.5 Å². The van der Waals surface area contributed by atoms with E-state index in [1.165, 1.54) is 14.0 Å². The summed E-state index contributed by atoms with van der Waals surface area (Å²) in [6.07, 6.45) is 1.06. The molecule has 0 aliphatic rings. The highest BCUT2D eigenvalue weighted by atomic mass is 32.2. The van der Waals surface area contributed by atoms with Crippen LogP contribution in [0.1, 0.15) is 28.4 Å². The van der Waals surface area contributed by atoms with Crippen LogP contribution in [0.2, 0.25) is 0 Å². The van der Waals surface area contributed by atoms with Crippen LogP contribution in [-0.2, 0) is 19.6 Å². The van der Waals surface area contributed by atoms with Gasteiger partial charge in [-0.3, -0.25) is 13.9 Å². The fourth-order valence-electron chi connectivity index (χ4n) is 3.28. The Morgan fingerprint density at radius 2 is 1.71 bits per heavy atom. The zero-order valence-electron chi connectivity index (χ0n) is 18.4. The maximum absolute atomic E-state index is 13.0. The van der Waals surface area contributed by atoms with Crippen LogP contribution in [0.3, 0.4) is 0 Å². The first-order valence-corrected chi connectivity index (χ1v) is 11.6. The molecule has 0 unspecified atom stereocenters. The van der Waals surface area contributed by atoms with E-state index in [-0.39, 0.29) is 11.5 Å². The van der Waals surface area contributed by atoms with Gasteiger partial charge in [0, 0.05) is 13.7 Å². The number of rotatable bonds is 9. The topological polar surface area (TPSA) is 105 Å². The lowest BCUT2D eigenvalue weighted by Gasteiger charge is -2.29. The molecule has 0 fully saturated rings. The minimum Gasteiger partial charge on any atom is -0.383 e. The number of amides is 2. The Hall–Kier alpha value is -2.91. The molecule has 0 radical (unpaired) electrons. The van der Waals surface area contributed by atoms with Crippen LogP contribution in [0, 0.1) is 13.8 Å². The maximum atomic E-state index is 13.0. The fraction of sp³-hybridized carbons (Fsp3) is 0.364. The summed E-state index contributed by atoms with van der Waals surface area (Å²) in [5.41, 5.74) is 2.75. The van der Waals surface area contributed by atoms with E-state index in [9.17, 15) is 18.0 Å². The summed E-state index contributed by atoms with van der Waals surface area (Å²) >= 11 is 0. The highest BCUT2D eigenvalue weighted by Gasteiger charge is 2.30. The first-order chi connectivity index (χ1) is 14.5. The summed E-state index contributed by atoms with van der Waals surface area (Å²) in [5, 5.41) is 5.40. The van der Waals surface area contributed by atoms with Gasteiger partial charge in [-0.25, -0.2) is 8.42 Å². The number of hydrogen-bond acceptors (Lipinski definition) is 5. The van der Waals surface area contributed by atoms with Crippen molar-refractivity contribution in [2.45, 2.75) is 26.8 Å². The van der Waals surface area contributed by atoms with E-state index in [1.54, 1.807) is 36.4 Å². The number of sulfonamides is 1. The number of nitrogens with one attached hydrogen (secondary N) is 2. The van der Waals surface area contributed by atoms with Crippen molar-refractivity contribution in [3.05, 3.63) is 59.2 Å². The quantitative estimate of drug-likeness (QED) is 0.575. The molecule has 2 rings (SSSR count). The number of carbonyl (C=O) groups is 2. The predicted octanol–water partition coefficient (Wildman–Crippen LogP) is 2.47. The molecule has 0 spiro atoms. The predicted molar refractivity (Wildman–Crippen MR) is 122 cm³/mol. The molecule has 0 saturated heterocycles. The van der Waals surface area contributed by atoms with Gasteiger partial charge < -0.3 is 15.4 Å². The number of para-hydroxylation sites is 1. The minimum atomic E-state index is -3.75. The molecule has 0 aliphatic carbocycles. The lowest BCUT2D eigenvalue weighted by atomic mass is 10.1. The molecule has 0 saturated carbocycles. The van der Waals surface area contributed by atoms with Crippen LogP contribution < -0.4 is 14.9 Å². The lowest BCUT2D eigenvalue weighted by Crippen LogP contribution is -2.45. The number of methoxy groups -OCH3 is 1. The molecule has 0 aliphatic heterocycles. The van der Waals surface area contributed by atoms with E-state index in [2.05, 4.69) is 10.6 Å². The molecule has 8 nitrogen and oxygen atoms in total. The van der Waals surface area contributed by atoms with Crippen LogP contribution >= 0.6 is 0 Å². The maximum Gasteiger partial charge on any atom is 0.253 e. The number of benzene rings is 2. The number of aryl methyl sites for hydroxylation is 2. The van der Waals surface area contributed by atoms with Gasteiger partial charge in [-0.1, -0.05) is 18.2 Å². The van der Waals surface area contributed by atoms with Crippen LogP contribution in [0.4, 0.5) is 11.4 Å². The van der Waals surface area contributed by atoms with Gasteiger partial charge in [-0.15, -0.1) is 0 Å². The van der Waals surface area contributed by atoms with Crippen molar-refractivity contribution in [3.8, 4) is 0 Å². The Balaban J connectivity index is 2.31. The number of ether oxygens (including phenoxy) is 1. The van der Waals surface area contributed by atoms with Crippen LogP contribution in [-0.4, -0.2) is 52.8 Å². The van der Waals surface area contributed by atoms with Gasteiger partial charge in [0.15, 0.2) is 0 Å². The molecule has 2 aromatic rings. The molecule has 1 atom stereocenters. The van der Waals surface area contributed by atoms with Gasteiger partial charge in [-0.2, -0.15) is 0 Å². The van der Waals surface area contributed by atoms with E-state index >= 15 is 0 Å². The number of hydrogen-bond donors (Lipinski definition) is 2. The van der Waals surface area contributed by atoms with Gasteiger partial charge in [0.05, 0.1) is 29.8 Å². The monoisotopic (exact) mass is 447 g/mol. The summed E-state index contributed by atoms with van der Waals surface area (Å²) in [4.78, 5) is 25.5. The summed E-state index contributed by atoms with van der Waals surface area (Å²) in [6, 6.07) is 10.9. The second kappa shape index (κ2) is 10.4. The van der Waals surface area contributed by atoms with Crippen molar-refractivity contribution in [1.29, 1.82) is 0 Å². The van der Waals surface area contributed by atoms with Crippen LogP contribution in [0.25, 0.3) is 0 Å². The van der Waals surface area contributed by atoms with Crippen LogP contribution in [0.5, 0.6) is 0 Å². The minimum absolute atomic E-state index is 0.274. The van der Waals surface area contributed by atoms with Gasteiger partial charge >= 0.3 is 0 Å². The molecular formula is C22H29N3O5S. The zero-order chi connectivity index (χ0) is 23.2. The van der Waals surface area contributed by atoms with Gasteiger partial charge in [0.25, 0.3) is 5.91 Å². The van der Waals surface area contributed by atoms with Crippen LogP contribution in [0.15, 0.2) is 42.5 Å². The standard InChI is InChI=1S/C22H29N3O5S/c1-15-12-16(2)14-18(13-15)25(31(5,28)29)17(3)21(26)24-20-9-7-6-8-19(20)22(27)23-10-11-30-4/h6-9,12-14,17H,10-11H2,1-5H3,(H,23,27)(H,24,26)/t17-/m0/s1. The summed E-state index contributed by atoms with van der Waals surface area (Å²) in [5.74, 6) is -0.920. The molecular weight excluding hydrogens is 418 g/mol. The summed E-state index contributed by atoms with van der Waals surface area (Å²) < 4.78 is 31.1. The molecule has 2 aromatic carbocycles. The first kappa shape index (κ1) is 24.4. The molecule has 0 heterocycles. The van der Waals surface area contributed by atoms with Crippen molar-refractivity contribution in [2.75, 3.05) is 36.1 Å². The zero-order valence-corrected chi connectivity index (χ0v) is 19.2. The van der Waals surface area contributed by atoms with Gasteiger partial charge in [0.1, 0.15) is 6.04 Å². The van der Waals surface area contributed by atoms with Crippen molar-refractivity contribution >= 4 is 33.2 Å². The molecule has 168 valence electrons. The second-order valence-electron chi connectivity index (χ2n) is 7.36. The van der Waals surface area contributed by atoms with Crippen molar-refractivity contribution in [3.63, 3.8) is 0 Å². The van der Waals surface area contributed by atoms with E-state index in [0.717, 1.165) is 21.7 Å². The SMILES string of the molecule is COCCNC(=O)c1ccccc1NC(=O)[C@H](C)N(c1cc(C)cc(C)c1)S(C)(=O)=O. The molecule has 0 bridgehead atoms. The van der Waals surface area contributed by atoms with Crippen molar-refractivity contribution in [2.24, 2.45) is 0 Å². The third kappa shape index (κ3) is 6.53. The Bertz CT molecular complexity index is 1030. The van der Waals surface area contributed by atoms with E-state index in [4.69, 9.17) is 4.74 Å². The molecule has 0 aromatic heterocycles. The number of nitrogens with zero attached hydrogens (tertiary/aromatic N) is 1. The molecule has 2 N–H and O–H groups in total. The molecule has 9 heteroatoms. The Morgan fingerprint density at radius 3 is 2.29 bits per heavy atom. The normalized spacial score (nSPS) is 12.2. The number of carbonyl (C=O) groups excluding carboxylic acids is 2. The Morgan fingerprint density at radius 1 is 1.10 bits per heavy atom. The highest BCUT2D eigenvalue weighted by molar-refractivity contribution is 7.92. The molecule has 2 amide bonds. The van der Waals surface area contributed by atoms with E-state index in [1.807, 2.05) is 19.9 Å². The van der Waals surface area contributed by atoms with Crippen molar-refractivity contribution in [1.82, 2.24) is 5.32 Å². The lowest BCUT2D eigenvalue weighted by molar-refractivity contribution is -0.116. The Labute approximate surface area is 183 Å². The smallest absolute Gasteiger partial charge is 0.253 e. The number of anilines is 2. The second-order valence-corrected chi connectivity index (χ2v) is 9.22. The van der Waals surface area contributed by atoms with Gasteiger partial charge in [-0.05, 0) is 56.2 Å². The van der Waals surface area contributed by atoms with Crippen molar-refractivity contribution < 1.29 is 22.7 Å². The van der Waals surface area contributed by atoms with E-state index < -0.39 is 22.0 Å². The first-order valence-electron chi connectivity index (χ1n) is 9.79. The third-order valence-electron chi connectivity index (χ3n) is 4.57. The molecule has 31 heavy (non-hydrogen) atoms. The summed E-state index contributed by atoms with van der Waals surface area (Å²) in [7, 11) is -2.22. The summed E-state index contributed by atoms with van der Waals surface area (Å²) in [6.45, 7) is 5.91. The highest BCUT2D eigenvalue weighted by Crippen LogP contribution is 2.25. The average Bonchev–Trinajstić information content (AvgIpc) is 2.66. The fourth-order valence-corrected chi connectivity index (χ4v) is 4.43. The third-order valence-corrected chi connectivity index (χ3v) is 5.81. The Kier molecular flexibility index (Phi) is 8.18. The largest absolute Gasteiger partial charge is 0.383 e. The van der Waals surface area contributed by atoms with Gasteiger partial charge in [0.2, 0.25) is 15.9 Å². The average molecular weight is 448 g/mol.